The predicted molar refractivity (Wildman–Crippen MR) is 169 cm³/mol. The number of anilines is 2. The van der Waals surface area contributed by atoms with Gasteiger partial charge in [-0.15, -0.1) is 0 Å². The summed E-state index contributed by atoms with van der Waals surface area (Å²) in [7, 11) is 1.76. The number of nitrogens with zero attached hydrogens (tertiary/aromatic N) is 2. The van der Waals surface area contributed by atoms with Gasteiger partial charge in [-0.05, 0) is 73.0 Å². The van der Waals surface area contributed by atoms with E-state index in [9.17, 15) is 0 Å². The molecule has 42 heavy (non-hydrogen) atoms. The van der Waals surface area contributed by atoms with Crippen molar-refractivity contribution in [1.29, 1.82) is 0 Å². The Balaban J connectivity index is 1.05. The van der Waals surface area contributed by atoms with Gasteiger partial charge in [0.05, 0.1) is 31.5 Å². The second-order valence-electron chi connectivity index (χ2n) is 11.5. The van der Waals surface area contributed by atoms with Crippen molar-refractivity contribution >= 4 is 23.0 Å². The number of benzene rings is 3. The first-order valence-electron chi connectivity index (χ1n) is 15.3. The fourth-order valence-corrected chi connectivity index (χ4v) is 6.53. The van der Waals surface area contributed by atoms with Crippen LogP contribution in [0.15, 0.2) is 66.7 Å². The van der Waals surface area contributed by atoms with E-state index >= 15 is 0 Å². The number of ether oxygens (including phenoxy) is 4. The highest BCUT2D eigenvalue weighted by atomic mass is 35.5. The molecule has 3 aliphatic rings. The SMILES string of the molecule is COCCCN1CCOc2ccc(CO[C@H]3CNCC[C@@H]3c3ccc(O[C@H]4CCN(c5cccc(Cl)c5)C4)cc3)cc21. The van der Waals surface area contributed by atoms with Crippen LogP contribution in [0.5, 0.6) is 11.5 Å². The summed E-state index contributed by atoms with van der Waals surface area (Å²) in [5.41, 5.74) is 4.80. The maximum atomic E-state index is 6.57. The van der Waals surface area contributed by atoms with Gasteiger partial charge in [0.2, 0.25) is 0 Å². The lowest BCUT2D eigenvalue weighted by molar-refractivity contribution is 0.0106. The fraction of sp³-hybridized carbons (Fsp3) is 0.471. The van der Waals surface area contributed by atoms with Crippen LogP contribution in [0.4, 0.5) is 11.4 Å². The molecule has 1 N–H and O–H groups in total. The molecule has 0 saturated carbocycles. The van der Waals surface area contributed by atoms with Gasteiger partial charge in [0.25, 0.3) is 0 Å². The quantitative estimate of drug-likeness (QED) is 0.279. The molecule has 3 aromatic carbocycles. The molecule has 0 amide bonds. The van der Waals surface area contributed by atoms with Crippen LogP contribution in [-0.4, -0.2) is 71.8 Å². The lowest BCUT2D eigenvalue weighted by Crippen LogP contribution is -2.41. The van der Waals surface area contributed by atoms with E-state index in [-0.39, 0.29) is 12.2 Å². The molecule has 0 radical (unpaired) electrons. The monoisotopic (exact) mass is 591 g/mol. The highest BCUT2D eigenvalue weighted by Gasteiger charge is 2.28. The number of halogens is 1. The van der Waals surface area contributed by atoms with Crippen molar-refractivity contribution in [3.05, 3.63) is 82.9 Å². The van der Waals surface area contributed by atoms with Crippen molar-refractivity contribution in [3.63, 3.8) is 0 Å². The smallest absolute Gasteiger partial charge is 0.142 e. The molecule has 2 saturated heterocycles. The van der Waals surface area contributed by atoms with Crippen LogP contribution in [0.2, 0.25) is 5.02 Å². The summed E-state index contributed by atoms with van der Waals surface area (Å²) in [6.07, 6.45) is 3.32. The van der Waals surface area contributed by atoms with Crippen LogP contribution in [0, 0.1) is 0 Å². The molecule has 6 rings (SSSR count). The molecular weight excluding hydrogens is 550 g/mol. The van der Waals surface area contributed by atoms with Crippen molar-refractivity contribution in [2.24, 2.45) is 0 Å². The Hall–Kier alpha value is -2.97. The predicted octanol–water partition coefficient (Wildman–Crippen LogP) is 5.90. The Morgan fingerprint density at radius 3 is 2.79 bits per heavy atom. The minimum absolute atomic E-state index is 0.108. The standard InChI is InChI=1S/C34H42ClN3O4/c1-39-18-3-15-37-17-19-40-33-11-6-25(20-32(33)37)24-41-34-22-36-14-12-31(34)26-7-9-29(10-8-26)42-30-13-16-38(23-30)28-5-2-4-27(35)21-28/h2,4-11,20-21,30-31,34,36H,3,12-19,22-24H2,1H3/t30-,31+,34-/m0/s1. The molecule has 3 aliphatic heterocycles. The maximum Gasteiger partial charge on any atom is 0.142 e. The van der Waals surface area contributed by atoms with E-state index in [0.717, 1.165) is 99.6 Å². The Morgan fingerprint density at radius 2 is 1.93 bits per heavy atom. The Bertz CT molecular complexity index is 1310. The molecule has 0 spiro atoms. The molecular formula is C34H42ClN3O4. The zero-order chi connectivity index (χ0) is 28.7. The summed E-state index contributed by atoms with van der Waals surface area (Å²) in [5.74, 6) is 2.22. The molecule has 0 bridgehead atoms. The molecule has 0 aromatic heterocycles. The first-order chi connectivity index (χ1) is 20.7. The number of hydrogen-bond acceptors (Lipinski definition) is 7. The molecule has 0 aliphatic carbocycles. The van der Waals surface area contributed by atoms with Crippen LogP contribution < -0.4 is 24.6 Å². The number of hydrogen-bond donors (Lipinski definition) is 1. The second kappa shape index (κ2) is 14.0. The van der Waals surface area contributed by atoms with Crippen molar-refractivity contribution in [3.8, 4) is 11.5 Å². The third-order valence-electron chi connectivity index (χ3n) is 8.58. The van der Waals surface area contributed by atoms with E-state index in [2.05, 4.69) is 63.6 Å². The summed E-state index contributed by atoms with van der Waals surface area (Å²) >= 11 is 6.20. The highest BCUT2D eigenvalue weighted by molar-refractivity contribution is 6.30. The lowest BCUT2D eigenvalue weighted by Gasteiger charge is -2.33. The third kappa shape index (κ3) is 7.14. The van der Waals surface area contributed by atoms with Gasteiger partial charge in [-0.25, -0.2) is 0 Å². The van der Waals surface area contributed by atoms with E-state index in [1.54, 1.807) is 7.11 Å². The van der Waals surface area contributed by atoms with Crippen LogP contribution in [0.25, 0.3) is 0 Å². The first-order valence-corrected chi connectivity index (χ1v) is 15.6. The molecule has 3 atom stereocenters. The molecule has 3 aromatic rings. The summed E-state index contributed by atoms with van der Waals surface area (Å²) in [5, 5.41) is 4.30. The molecule has 7 nitrogen and oxygen atoms in total. The topological polar surface area (TPSA) is 55.4 Å². The minimum atomic E-state index is 0.108. The fourth-order valence-electron chi connectivity index (χ4n) is 6.35. The van der Waals surface area contributed by atoms with Gasteiger partial charge in [0, 0.05) is 56.4 Å². The van der Waals surface area contributed by atoms with Crippen molar-refractivity contribution in [2.45, 2.75) is 44.0 Å². The van der Waals surface area contributed by atoms with Crippen LogP contribution in [0.1, 0.15) is 36.3 Å². The first kappa shape index (κ1) is 29.1. The van der Waals surface area contributed by atoms with Gasteiger partial charge in [-0.2, -0.15) is 0 Å². The highest BCUT2D eigenvalue weighted by Crippen LogP contribution is 2.34. The van der Waals surface area contributed by atoms with Crippen LogP contribution >= 0.6 is 11.6 Å². The van der Waals surface area contributed by atoms with Crippen molar-refractivity contribution < 1.29 is 18.9 Å². The summed E-state index contributed by atoms with van der Waals surface area (Å²) in [6.45, 7) is 7.61. The Labute approximate surface area is 254 Å². The maximum absolute atomic E-state index is 6.57. The minimum Gasteiger partial charge on any atom is -0.490 e. The average Bonchev–Trinajstić information content (AvgIpc) is 3.49. The summed E-state index contributed by atoms with van der Waals surface area (Å²) < 4.78 is 24.1. The van der Waals surface area contributed by atoms with E-state index < -0.39 is 0 Å². The zero-order valence-electron chi connectivity index (χ0n) is 24.5. The zero-order valence-corrected chi connectivity index (χ0v) is 25.2. The van der Waals surface area contributed by atoms with Crippen LogP contribution in [-0.2, 0) is 16.1 Å². The number of nitrogens with one attached hydrogen (secondary N) is 1. The Kier molecular flexibility index (Phi) is 9.71. The molecule has 8 heteroatoms. The molecule has 0 unspecified atom stereocenters. The van der Waals surface area contributed by atoms with E-state index in [0.29, 0.717) is 12.5 Å². The second-order valence-corrected chi connectivity index (χ2v) is 11.9. The average molecular weight is 592 g/mol. The lowest BCUT2D eigenvalue weighted by atomic mass is 9.87. The molecule has 3 heterocycles. The Morgan fingerprint density at radius 1 is 1.02 bits per heavy atom. The summed E-state index contributed by atoms with van der Waals surface area (Å²) in [4.78, 5) is 4.74. The number of fused-ring (bicyclic) bond motifs is 1. The van der Waals surface area contributed by atoms with Gasteiger partial charge in [-0.1, -0.05) is 35.9 Å². The molecule has 224 valence electrons. The van der Waals surface area contributed by atoms with Gasteiger partial charge >= 0.3 is 0 Å². The van der Waals surface area contributed by atoms with Gasteiger partial charge in [0.1, 0.15) is 24.2 Å². The van der Waals surface area contributed by atoms with E-state index in [4.69, 9.17) is 30.5 Å². The van der Waals surface area contributed by atoms with E-state index in [1.807, 2.05) is 18.2 Å². The largest absolute Gasteiger partial charge is 0.490 e. The van der Waals surface area contributed by atoms with E-state index in [1.165, 1.54) is 11.1 Å². The summed E-state index contributed by atoms with van der Waals surface area (Å²) in [6, 6.07) is 23.2. The van der Waals surface area contributed by atoms with Gasteiger partial charge < -0.3 is 34.1 Å². The normalized spacial score (nSPS) is 22.1. The number of methoxy groups -OCH3 is 1. The third-order valence-corrected chi connectivity index (χ3v) is 8.81. The number of rotatable bonds is 11. The van der Waals surface area contributed by atoms with Crippen molar-refractivity contribution in [1.82, 2.24) is 5.32 Å². The van der Waals surface area contributed by atoms with Crippen molar-refractivity contribution in [2.75, 3.05) is 69.4 Å². The molecule has 2 fully saturated rings. The van der Waals surface area contributed by atoms with Crippen LogP contribution in [0.3, 0.4) is 0 Å². The van der Waals surface area contributed by atoms with Gasteiger partial charge in [0.15, 0.2) is 0 Å². The number of piperidine rings is 1. The van der Waals surface area contributed by atoms with Gasteiger partial charge in [-0.3, -0.25) is 0 Å².